The predicted molar refractivity (Wildman–Crippen MR) is 119 cm³/mol. The Morgan fingerprint density at radius 1 is 1.19 bits per heavy atom. The molecule has 0 aliphatic carbocycles. The Labute approximate surface area is 182 Å². The van der Waals surface area contributed by atoms with E-state index in [1.54, 1.807) is 4.90 Å². The first kappa shape index (κ1) is 21.2. The SMILES string of the molecule is CC(C)c1ccccc1-c1ccc(C2CCN(C(=O)c3ccc(F)nc3)C2)c(CO)c1. The van der Waals surface area contributed by atoms with Crippen LogP contribution in [0.4, 0.5) is 4.39 Å². The van der Waals surface area contributed by atoms with Crippen molar-refractivity contribution in [1.82, 2.24) is 9.88 Å². The van der Waals surface area contributed by atoms with Crippen molar-refractivity contribution in [3.63, 3.8) is 0 Å². The molecular formula is C26H27FN2O2. The summed E-state index contributed by atoms with van der Waals surface area (Å²) in [6.07, 6.45) is 2.11. The monoisotopic (exact) mass is 418 g/mol. The molecule has 2 heterocycles. The third-order valence-electron chi connectivity index (χ3n) is 6.10. The van der Waals surface area contributed by atoms with Crippen LogP contribution in [0, 0.1) is 5.95 Å². The number of halogens is 1. The van der Waals surface area contributed by atoms with E-state index in [-0.39, 0.29) is 18.4 Å². The van der Waals surface area contributed by atoms with Crippen LogP contribution in [0.1, 0.15) is 59.2 Å². The fourth-order valence-electron chi connectivity index (χ4n) is 4.46. The molecule has 5 heteroatoms. The number of amides is 1. The van der Waals surface area contributed by atoms with Gasteiger partial charge in [0.1, 0.15) is 0 Å². The van der Waals surface area contributed by atoms with Gasteiger partial charge >= 0.3 is 0 Å². The highest BCUT2D eigenvalue weighted by Crippen LogP contribution is 2.35. The Morgan fingerprint density at radius 2 is 2.00 bits per heavy atom. The van der Waals surface area contributed by atoms with Gasteiger partial charge < -0.3 is 10.0 Å². The van der Waals surface area contributed by atoms with Gasteiger partial charge in [-0.15, -0.1) is 0 Å². The van der Waals surface area contributed by atoms with Crippen LogP contribution in [0.5, 0.6) is 0 Å². The molecule has 1 aromatic heterocycles. The van der Waals surface area contributed by atoms with Gasteiger partial charge in [0, 0.05) is 25.2 Å². The zero-order valence-electron chi connectivity index (χ0n) is 17.9. The van der Waals surface area contributed by atoms with Crippen molar-refractivity contribution in [3.8, 4) is 11.1 Å². The molecule has 1 amide bonds. The lowest BCUT2D eigenvalue weighted by Gasteiger charge is -2.19. The van der Waals surface area contributed by atoms with Crippen molar-refractivity contribution < 1.29 is 14.3 Å². The Hall–Kier alpha value is -3.05. The van der Waals surface area contributed by atoms with Crippen LogP contribution < -0.4 is 0 Å². The van der Waals surface area contributed by atoms with Crippen molar-refractivity contribution in [2.45, 2.75) is 38.7 Å². The fourth-order valence-corrected chi connectivity index (χ4v) is 4.46. The van der Waals surface area contributed by atoms with E-state index < -0.39 is 5.95 Å². The van der Waals surface area contributed by atoms with Crippen LogP contribution in [0.15, 0.2) is 60.8 Å². The lowest BCUT2D eigenvalue weighted by Crippen LogP contribution is -2.28. The number of benzene rings is 2. The molecule has 31 heavy (non-hydrogen) atoms. The van der Waals surface area contributed by atoms with Crippen LogP contribution in [0.25, 0.3) is 11.1 Å². The number of carbonyl (C=O) groups excluding carboxylic acids is 1. The van der Waals surface area contributed by atoms with E-state index in [4.69, 9.17) is 0 Å². The average molecular weight is 419 g/mol. The lowest BCUT2D eigenvalue weighted by atomic mass is 9.88. The first-order chi connectivity index (χ1) is 15.0. The summed E-state index contributed by atoms with van der Waals surface area (Å²) in [4.78, 5) is 18.1. The first-order valence-corrected chi connectivity index (χ1v) is 10.7. The molecule has 0 radical (unpaired) electrons. The van der Waals surface area contributed by atoms with E-state index in [1.807, 2.05) is 6.07 Å². The van der Waals surface area contributed by atoms with E-state index in [0.29, 0.717) is 24.6 Å². The Bertz CT molecular complexity index is 1080. The summed E-state index contributed by atoms with van der Waals surface area (Å²) in [5.74, 6) is -0.164. The Morgan fingerprint density at radius 3 is 2.71 bits per heavy atom. The number of rotatable bonds is 5. The van der Waals surface area contributed by atoms with E-state index in [1.165, 1.54) is 29.5 Å². The number of nitrogens with zero attached hydrogens (tertiary/aromatic N) is 2. The maximum absolute atomic E-state index is 13.1. The molecular weight excluding hydrogens is 391 g/mol. The number of hydrogen-bond acceptors (Lipinski definition) is 3. The zero-order chi connectivity index (χ0) is 22.0. The molecule has 1 fully saturated rings. The second kappa shape index (κ2) is 8.98. The highest BCUT2D eigenvalue weighted by Gasteiger charge is 2.29. The summed E-state index contributed by atoms with van der Waals surface area (Å²) in [5.41, 5.74) is 5.94. The number of likely N-dealkylation sites (tertiary alicyclic amines) is 1. The molecule has 1 aliphatic rings. The van der Waals surface area contributed by atoms with Gasteiger partial charge in [-0.1, -0.05) is 50.2 Å². The minimum Gasteiger partial charge on any atom is -0.392 e. The predicted octanol–water partition coefficient (Wildman–Crippen LogP) is 5.13. The van der Waals surface area contributed by atoms with E-state index in [2.05, 4.69) is 55.2 Å². The van der Waals surface area contributed by atoms with Gasteiger partial charge in [-0.2, -0.15) is 4.39 Å². The molecule has 3 aromatic rings. The summed E-state index contributed by atoms with van der Waals surface area (Å²) in [6.45, 7) is 5.52. The third kappa shape index (κ3) is 4.37. The van der Waals surface area contributed by atoms with Gasteiger partial charge in [0.05, 0.1) is 12.2 Å². The average Bonchev–Trinajstić information content (AvgIpc) is 3.28. The first-order valence-electron chi connectivity index (χ1n) is 10.7. The third-order valence-corrected chi connectivity index (χ3v) is 6.10. The standard InChI is InChI=1S/C26H27FN2O2/c1-17(2)22-5-3-4-6-24(22)18-7-9-23(21(13-18)16-30)20-11-12-29(15-20)26(31)19-8-10-25(27)28-14-19/h3-10,13-14,17,20,30H,11-12,15-16H2,1-2H3. The van der Waals surface area contributed by atoms with Crippen LogP contribution in [0.2, 0.25) is 0 Å². The maximum Gasteiger partial charge on any atom is 0.255 e. The van der Waals surface area contributed by atoms with Crippen LogP contribution in [0.3, 0.4) is 0 Å². The fraction of sp³-hybridized carbons (Fsp3) is 0.308. The van der Waals surface area contributed by atoms with Gasteiger partial charge in [0.2, 0.25) is 5.95 Å². The van der Waals surface area contributed by atoms with Crippen molar-refractivity contribution in [2.75, 3.05) is 13.1 Å². The van der Waals surface area contributed by atoms with Crippen molar-refractivity contribution >= 4 is 5.91 Å². The van der Waals surface area contributed by atoms with Gasteiger partial charge in [0.25, 0.3) is 5.91 Å². The van der Waals surface area contributed by atoms with Crippen molar-refractivity contribution in [1.29, 1.82) is 0 Å². The largest absolute Gasteiger partial charge is 0.392 e. The smallest absolute Gasteiger partial charge is 0.255 e. The van der Waals surface area contributed by atoms with Crippen LogP contribution >= 0.6 is 0 Å². The van der Waals surface area contributed by atoms with E-state index in [9.17, 15) is 14.3 Å². The molecule has 1 atom stereocenters. The molecule has 160 valence electrons. The normalized spacial score (nSPS) is 16.2. The maximum atomic E-state index is 13.1. The highest BCUT2D eigenvalue weighted by molar-refractivity contribution is 5.94. The molecule has 1 aliphatic heterocycles. The van der Waals surface area contributed by atoms with Crippen LogP contribution in [-0.2, 0) is 6.61 Å². The quantitative estimate of drug-likeness (QED) is 0.584. The molecule has 1 N–H and O–H groups in total. The van der Waals surface area contributed by atoms with Crippen molar-refractivity contribution in [2.24, 2.45) is 0 Å². The zero-order valence-corrected chi connectivity index (χ0v) is 17.9. The summed E-state index contributed by atoms with van der Waals surface area (Å²) >= 11 is 0. The Kier molecular flexibility index (Phi) is 6.14. The van der Waals surface area contributed by atoms with Gasteiger partial charge in [0.15, 0.2) is 0 Å². The van der Waals surface area contributed by atoms with Crippen LogP contribution in [-0.4, -0.2) is 34.0 Å². The number of aromatic nitrogens is 1. The number of hydrogen-bond donors (Lipinski definition) is 1. The summed E-state index contributed by atoms with van der Waals surface area (Å²) in [7, 11) is 0. The van der Waals surface area contributed by atoms with Gasteiger partial charge in [-0.25, -0.2) is 4.98 Å². The molecule has 0 bridgehead atoms. The highest BCUT2D eigenvalue weighted by atomic mass is 19.1. The molecule has 1 saturated heterocycles. The minimum atomic E-state index is -0.595. The number of pyridine rings is 1. The number of aliphatic hydroxyl groups excluding tert-OH is 1. The second-order valence-corrected chi connectivity index (χ2v) is 8.42. The second-order valence-electron chi connectivity index (χ2n) is 8.42. The van der Waals surface area contributed by atoms with E-state index >= 15 is 0 Å². The Balaban J connectivity index is 1.57. The van der Waals surface area contributed by atoms with Crippen molar-refractivity contribution in [3.05, 3.63) is 89.0 Å². The molecule has 0 saturated carbocycles. The summed E-state index contributed by atoms with van der Waals surface area (Å²) < 4.78 is 13.1. The number of aliphatic hydroxyl groups is 1. The minimum absolute atomic E-state index is 0.0423. The molecule has 4 rings (SSSR count). The molecule has 4 nitrogen and oxygen atoms in total. The van der Waals surface area contributed by atoms with Gasteiger partial charge in [-0.3, -0.25) is 4.79 Å². The van der Waals surface area contributed by atoms with Gasteiger partial charge in [-0.05, 0) is 58.4 Å². The summed E-state index contributed by atoms with van der Waals surface area (Å²) in [5, 5.41) is 10.1. The molecule has 2 aromatic carbocycles. The number of carbonyl (C=O) groups is 1. The summed E-state index contributed by atoms with van der Waals surface area (Å²) in [6, 6.07) is 17.3. The topological polar surface area (TPSA) is 53.4 Å². The molecule has 0 spiro atoms. The molecule has 1 unspecified atom stereocenters. The lowest BCUT2D eigenvalue weighted by molar-refractivity contribution is 0.0790. The van der Waals surface area contributed by atoms with E-state index in [0.717, 1.165) is 23.1 Å².